The maximum absolute atomic E-state index is 14.7. The van der Waals surface area contributed by atoms with Crippen LogP contribution in [0.1, 0.15) is 63.9 Å². The molecule has 8 nitrogen and oxygen atoms in total. The Bertz CT molecular complexity index is 1940. The predicted molar refractivity (Wildman–Crippen MR) is 198 cm³/mol. The molecule has 0 spiro atoms. The number of hydrogen-bond acceptors (Lipinski definition) is 7. The van der Waals surface area contributed by atoms with Gasteiger partial charge in [0.15, 0.2) is 0 Å². The van der Waals surface area contributed by atoms with E-state index in [1.54, 1.807) is 54.6 Å². The van der Waals surface area contributed by atoms with Gasteiger partial charge < -0.3 is 20.7 Å². The highest BCUT2D eigenvalue weighted by Gasteiger charge is 2.34. The Morgan fingerprint density at radius 2 is 1.76 bits per heavy atom. The van der Waals surface area contributed by atoms with Crippen LogP contribution in [0.4, 0.5) is 15.1 Å². The lowest BCUT2D eigenvalue weighted by Gasteiger charge is -2.33. The van der Waals surface area contributed by atoms with Gasteiger partial charge in [0.2, 0.25) is 5.91 Å². The number of thiophene rings is 1. The van der Waals surface area contributed by atoms with Crippen LogP contribution in [0.2, 0.25) is 5.02 Å². The highest BCUT2D eigenvalue weighted by Crippen LogP contribution is 2.44. The van der Waals surface area contributed by atoms with Gasteiger partial charge in [0.1, 0.15) is 16.5 Å². The van der Waals surface area contributed by atoms with E-state index in [9.17, 15) is 23.6 Å². The quantitative estimate of drug-likeness (QED) is 0.0855. The molecular formula is C38H37ClFN3O5S2. The number of rotatable bonds is 10. The van der Waals surface area contributed by atoms with E-state index in [1.165, 1.54) is 54.5 Å². The first-order valence-electron chi connectivity index (χ1n) is 15.9. The topological polar surface area (TPSA) is 114 Å². The van der Waals surface area contributed by atoms with E-state index in [2.05, 4.69) is 36.7 Å². The van der Waals surface area contributed by atoms with Crippen molar-refractivity contribution < 1.29 is 28.3 Å². The number of ether oxygens (including phenoxy) is 1. The molecule has 0 saturated heterocycles. The summed E-state index contributed by atoms with van der Waals surface area (Å²) >= 11 is 8.90. The molecule has 0 radical (unpaired) electrons. The molecule has 4 aromatic rings. The third-order valence-electron chi connectivity index (χ3n) is 8.41. The Morgan fingerprint density at radius 1 is 1.02 bits per heavy atom. The van der Waals surface area contributed by atoms with Gasteiger partial charge in [-0.2, -0.15) is 0 Å². The fourth-order valence-electron chi connectivity index (χ4n) is 5.64. The summed E-state index contributed by atoms with van der Waals surface area (Å²) in [5.41, 5.74) is 1.92. The maximum Gasteiger partial charge on any atom is 0.341 e. The molecule has 50 heavy (non-hydrogen) atoms. The summed E-state index contributed by atoms with van der Waals surface area (Å²) in [6, 6.07) is 19.2. The van der Waals surface area contributed by atoms with Crippen LogP contribution in [0.25, 0.3) is 6.08 Å². The van der Waals surface area contributed by atoms with Gasteiger partial charge in [0.25, 0.3) is 11.8 Å². The lowest BCUT2D eigenvalue weighted by atomic mass is 9.72. The van der Waals surface area contributed by atoms with E-state index in [0.29, 0.717) is 32.6 Å². The van der Waals surface area contributed by atoms with Crippen molar-refractivity contribution >= 4 is 75.2 Å². The van der Waals surface area contributed by atoms with E-state index < -0.39 is 23.6 Å². The standard InChI is InChI=1S/C38H37ClFN3O5S2/c1-38(2,3)23-16-17-26-31(18-23)50-36(33(26)37(47)48-4)43-32(44)21-49-25-13-8-12-24(19-25)41-35(46)30(20-27-28(39)14-9-15-29(27)40)42-34(45)22-10-6-5-7-11-22/h5-15,19-20,23H,16-18,21H2,1-4H3,(H,41,46)(H,42,45)(H,43,44)/b30-20+. The molecule has 1 aromatic heterocycles. The molecule has 260 valence electrons. The van der Waals surface area contributed by atoms with Gasteiger partial charge in [-0.3, -0.25) is 14.4 Å². The Morgan fingerprint density at radius 3 is 2.46 bits per heavy atom. The molecule has 1 unspecified atom stereocenters. The summed E-state index contributed by atoms with van der Waals surface area (Å²) in [6.07, 6.45) is 3.74. The average molecular weight is 734 g/mol. The molecule has 0 aliphatic heterocycles. The van der Waals surface area contributed by atoms with Crippen LogP contribution in [0.3, 0.4) is 0 Å². The first kappa shape index (κ1) is 36.8. The van der Waals surface area contributed by atoms with Crippen molar-refractivity contribution in [1.82, 2.24) is 5.32 Å². The largest absolute Gasteiger partial charge is 0.465 e. The van der Waals surface area contributed by atoms with E-state index >= 15 is 0 Å². The molecular weight excluding hydrogens is 697 g/mol. The van der Waals surface area contributed by atoms with E-state index in [0.717, 1.165) is 29.7 Å². The number of nitrogens with one attached hydrogen (secondary N) is 3. The number of fused-ring (bicyclic) bond motifs is 1. The molecule has 12 heteroatoms. The van der Waals surface area contributed by atoms with E-state index in [4.69, 9.17) is 16.3 Å². The maximum atomic E-state index is 14.7. The number of hydrogen-bond donors (Lipinski definition) is 3. The Hall–Kier alpha value is -4.45. The molecule has 3 N–H and O–H groups in total. The molecule has 1 heterocycles. The van der Waals surface area contributed by atoms with Crippen molar-refractivity contribution in [3.05, 3.63) is 116 Å². The Balaban J connectivity index is 1.28. The minimum absolute atomic E-state index is 0.0370. The third-order valence-corrected chi connectivity index (χ3v) is 10.9. The number of esters is 1. The zero-order valence-electron chi connectivity index (χ0n) is 28.0. The molecule has 0 bridgehead atoms. The summed E-state index contributed by atoms with van der Waals surface area (Å²) in [4.78, 5) is 54.2. The normalized spacial score (nSPS) is 14.4. The Kier molecular flexibility index (Phi) is 11.8. The fraction of sp³-hybridized carbons (Fsp3) is 0.263. The summed E-state index contributed by atoms with van der Waals surface area (Å²) in [7, 11) is 1.34. The minimum Gasteiger partial charge on any atom is -0.465 e. The first-order valence-corrected chi connectivity index (χ1v) is 18.1. The van der Waals surface area contributed by atoms with Gasteiger partial charge in [-0.15, -0.1) is 23.1 Å². The van der Waals surface area contributed by atoms with Crippen molar-refractivity contribution in [3.8, 4) is 0 Å². The van der Waals surface area contributed by atoms with Gasteiger partial charge >= 0.3 is 5.97 Å². The van der Waals surface area contributed by atoms with Crippen molar-refractivity contribution in [3.63, 3.8) is 0 Å². The molecule has 0 saturated carbocycles. The van der Waals surface area contributed by atoms with Crippen LogP contribution in [-0.4, -0.2) is 36.6 Å². The van der Waals surface area contributed by atoms with Gasteiger partial charge in [-0.25, -0.2) is 9.18 Å². The SMILES string of the molecule is COC(=O)c1c(NC(=O)CSc2cccc(NC(=O)/C(=C\c3c(F)cccc3Cl)NC(=O)c3ccccc3)c2)sc2c1CCC(C(C)(C)C)C2. The number of carbonyl (C=O) groups is 4. The molecule has 3 aromatic carbocycles. The van der Waals surface area contributed by atoms with Crippen molar-refractivity contribution in [1.29, 1.82) is 0 Å². The predicted octanol–water partition coefficient (Wildman–Crippen LogP) is 8.62. The molecule has 5 rings (SSSR count). The molecule has 1 atom stereocenters. The second kappa shape index (κ2) is 16.1. The number of halogens is 2. The average Bonchev–Trinajstić information content (AvgIpc) is 3.45. The van der Waals surface area contributed by atoms with Gasteiger partial charge in [-0.05, 0) is 84.7 Å². The lowest BCUT2D eigenvalue weighted by Crippen LogP contribution is -2.30. The summed E-state index contributed by atoms with van der Waals surface area (Å²) in [5, 5.41) is 8.81. The summed E-state index contributed by atoms with van der Waals surface area (Å²) < 4.78 is 19.7. The number of amides is 3. The first-order chi connectivity index (χ1) is 23.8. The molecule has 1 aliphatic rings. The van der Waals surface area contributed by atoms with Crippen LogP contribution < -0.4 is 16.0 Å². The molecule has 1 aliphatic carbocycles. The van der Waals surface area contributed by atoms with Crippen LogP contribution in [0.15, 0.2) is 83.4 Å². The number of benzene rings is 3. The van der Waals surface area contributed by atoms with Gasteiger partial charge in [0.05, 0.1) is 23.4 Å². The zero-order valence-corrected chi connectivity index (χ0v) is 30.4. The van der Waals surface area contributed by atoms with Crippen LogP contribution >= 0.6 is 34.7 Å². The molecule has 0 fully saturated rings. The number of carbonyl (C=O) groups excluding carboxylic acids is 4. The number of anilines is 2. The highest BCUT2D eigenvalue weighted by atomic mass is 35.5. The van der Waals surface area contributed by atoms with Gasteiger partial charge in [0, 0.05) is 26.6 Å². The van der Waals surface area contributed by atoms with E-state index in [1.807, 2.05) is 0 Å². The monoisotopic (exact) mass is 733 g/mol. The zero-order chi connectivity index (χ0) is 36.0. The summed E-state index contributed by atoms with van der Waals surface area (Å²) in [5.74, 6) is -2.19. The number of methoxy groups -OCH3 is 1. The summed E-state index contributed by atoms with van der Waals surface area (Å²) in [6.45, 7) is 6.66. The highest BCUT2D eigenvalue weighted by molar-refractivity contribution is 8.00. The fourth-order valence-corrected chi connectivity index (χ4v) is 7.94. The van der Waals surface area contributed by atoms with Crippen LogP contribution in [-0.2, 0) is 27.2 Å². The van der Waals surface area contributed by atoms with Gasteiger partial charge in [-0.1, -0.05) is 62.7 Å². The number of thioether (sulfide) groups is 1. The lowest BCUT2D eigenvalue weighted by molar-refractivity contribution is -0.114. The van der Waals surface area contributed by atoms with Crippen molar-refractivity contribution in [2.75, 3.05) is 23.5 Å². The third kappa shape index (κ3) is 9.01. The second-order valence-corrected chi connectivity index (χ2v) is 15.4. The van der Waals surface area contributed by atoms with Crippen molar-refractivity contribution in [2.45, 2.75) is 44.9 Å². The minimum atomic E-state index is -0.709. The second-order valence-electron chi connectivity index (χ2n) is 12.8. The van der Waals surface area contributed by atoms with Crippen LogP contribution in [0, 0.1) is 17.2 Å². The van der Waals surface area contributed by atoms with Crippen molar-refractivity contribution in [2.24, 2.45) is 11.3 Å². The Labute approximate surface area is 303 Å². The smallest absolute Gasteiger partial charge is 0.341 e. The molecule has 3 amide bonds. The van der Waals surface area contributed by atoms with E-state index in [-0.39, 0.29) is 33.4 Å². The van der Waals surface area contributed by atoms with Crippen LogP contribution in [0.5, 0.6) is 0 Å².